The minimum absolute atomic E-state index is 0.172. The van der Waals surface area contributed by atoms with Crippen molar-refractivity contribution in [3.8, 4) is 0 Å². The maximum absolute atomic E-state index is 12.3. The lowest BCUT2D eigenvalue weighted by Gasteiger charge is -2.10. The van der Waals surface area contributed by atoms with Crippen molar-refractivity contribution in [3.05, 3.63) is 11.1 Å². The van der Waals surface area contributed by atoms with Crippen LogP contribution in [0, 0.1) is 5.92 Å². The van der Waals surface area contributed by atoms with E-state index in [1.807, 2.05) is 27.7 Å². The fourth-order valence-corrected chi connectivity index (χ4v) is 3.75. The lowest BCUT2D eigenvalue weighted by molar-refractivity contribution is -0.119. The highest BCUT2D eigenvalue weighted by Crippen LogP contribution is 2.21. The minimum Gasteiger partial charge on any atom is -0.320 e. The summed E-state index contributed by atoms with van der Waals surface area (Å²) in [5, 5.41) is 7.43. The van der Waals surface area contributed by atoms with E-state index in [0.29, 0.717) is 6.42 Å². The first-order chi connectivity index (χ1) is 9.13. The van der Waals surface area contributed by atoms with Gasteiger partial charge >= 0.3 is 0 Å². The fraction of sp³-hybridized carbons (Fsp3) is 0.667. The molecule has 0 aliphatic carbocycles. The average molecular weight is 318 g/mol. The molecule has 0 saturated carbocycles. The van der Waals surface area contributed by atoms with Crippen molar-refractivity contribution in [1.82, 2.24) is 4.98 Å². The van der Waals surface area contributed by atoms with E-state index < -0.39 is 21.9 Å². The van der Waals surface area contributed by atoms with Crippen LogP contribution < -0.4 is 10.9 Å². The van der Waals surface area contributed by atoms with Crippen molar-refractivity contribution in [3.63, 3.8) is 0 Å². The molecule has 1 aromatic heterocycles. The van der Waals surface area contributed by atoms with Gasteiger partial charge in [0, 0.05) is 5.38 Å². The Bertz CT molecular complexity index is 586. The lowest BCUT2D eigenvalue weighted by Crippen LogP contribution is -2.32. The van der Waals surface area contributed by atoms with Gasteiger partial charge in [-0.3, -0.25) is 4.79 Å². The Morgan fingerprint density at radius 1 is 1.45 bits per heavy atom. The fourth-order valence-electron chi connectivity index (χ4n) is 1.52. The molecule has 1 unspecified atom stereocenters. The SMILES string of the molecule is CC(C)C[C@H](N)C(=O)N=S(N)(=O)c1nc(C(C)C)cs1. The summed E-state index contributed by atoms with van der Waals surface area (Å²) in [6, 6.07) is -0.774. The number of rotatable bonds is 5. The van der Waals surface area contributed by atoms with Gasteiger partial charge in [0.25, 0.3) is 5.91 Å². The second-order valence-corrected chi connectivity index (χ2v) is 8.25. The van der Waals surface area contributed by atoms with Crippen LogP contribution in [0.25, 0.3) is 0 Å². The van der Waals surface area contributed by atoms with Gasteiger partial charge < -0.3 is 5.73 Å². The van der Waals surface area contributed by atoms with Crippen LogP contribution in [0.1, 0.15) is 45.7 Å². The lowest BCUT2D eigenvalue weighted by atomic mass is 10.0. The van der Waals surface area contributed by atoms with Crippen LogP contribution in [-0.2, 0) is 14.7 Å². The second kappa shape index (κ2) is 6.75. The Hall–Kier alpha value is -0.830. The van der Waals surface area contributed by atoms with E-state index in [4.69, 9.17) is 10.9 Å². The molecule has 2 atom stereocenters. The zero-order chi connectivity index (χ0) is 15.5. The number of aromatic nitrogens is 1. The van der Waals surface area contributed by atoms with Crippen molar-refractivity contribution in [2.45, 2.75) is 50.4 Å². The highest BCUT2D eigenvalue weighted by molar-refractivity contribution is 7.93. The number of hydrogen-bond acceptors (Lipinski definition) is 5. The van der Waals surface area contributed by atoms with E-state index in [-0.39, 0.29) is 16.2 Å². The van der Waals surface area contributed by atoms with Crippen LogP contribution in [0.5, 0.6) is 0 Å². The number of hydrogen-bond donors (Lipinski definition) is 2. The standard InChI is InChI=1S/C12H22N4O2S2/c1-7(2)5-9(13)11(17)16-20(14,18)12-15-10(6-19-12)8(3)4/h6-9H,5,13H2,1-4H3,(H2,14,16,17,18)/t9-,20?/m0/s1. The second-order valence-electron chi connectivity index (χ2n) is 5.43. The molecular weight excluding hydrogens is 296 g/mol. The van der Waals surface area contributed by atoms with Crippen molar-refractivity contribution in [2.75, 3.05) is 0 Å². The summed E-state index contributed by atoms with van der Waals surface area (Å²) in [5.74, 6) is -0.174. The van der Waals surface area contributed by atoms with Gasteiger partial charge in [0.1, 0.15) is 0 Å². The molecule has 0 aromatic carbocycles. The minimum atomic E-state index is -3.30. The molecule has 1 aromatic rings. The van der Waals surface area contributed by atoms with E-state index in [0.717, 1.165) is 17.0 Å². The molecule has 0 bridgehead atoms. The summed E-state index contributed by atoms with van der Waals surface area (Å²) in [4.78, 5) is 16.0. The molecule has 0 spiro atoms. The first-order valence-corrected chi connectivity index (χ1v) is 8.89. The number of thiazole rings is 1. The Morgan fingerprint density at radius 2 is 2.05 bits per heavy atom. The first kappa shape index (κ1) is 17.2. The van der Waals surface area contributed by atoms with Crippen molar-refractivity contribution in [1.29, 1.82) is 0 Å². The normalized spacial score (nSPS) is 16.2. The molecular formula is C12H22N4O2S2. The van der Waals surface area contributed by atoms with Gasteiger partial charge in [0.2, 0.25) is 4.34 Å². The monoisotopic (exact) mass is 318 g/mol. The quantitative estimate of drug-likeness (QED) is 0.863. The third-order valence-electron chi connectivity index (χ3n) is 2.61. The number of carbonyl (C=O) groups is 1. The molecule has 0 saturated heterocycles. The molecule has 0 aliphatic rings. The van der Waals surface area contributed by atoms with Crippen molar-refractivity contribution < 1.29 is 9.00 Å². The molecule has 0 fully saturated rings. The Kier molecular flexibility index (Phi) is 5.81. The largest absolute Gasteiger partial charge is 0.320 e. The van der Waals surface area contributed by atoms with Gasteiger partial charge in [-0.1, -0.05) is 27.7 Å². The average Bonchev–Trinajstić information content (AvgIpc) is 2.77. The van der Waals surface area contributed by atoms with Gasteiger partial charge in [-0.25, -0.2) is 14.3 Å². The van der Waals surface area contributed by atoms with E-state index in [2.05, 4.69) is 9.35 Å². The third kappa shape index (κ3) is 4.62. The first-order valence-electron chi connectivity index (χ1n) is 6.43. The van der Waals surface area contributed by atoms with Crippen LogP contribution >= 0.6 is 11.3 Å². The molecule has 4 N–H and O–H groups in total. The van der Waals surface area contributed by atoms with Crippen LogP contribution in [0.4, 0.5) is 0 Å². The highest BCUT2D eigenvalue weighted by atomic mass is 32.2. The van der Waals surface area contributed by atoms with Gasteiger partial charge in [-0.15, -0.1) is 15.7 Å². The van der Waals surface area contributed by atoms with Crippen LogP contribution in [0.15, 0.2) is 14.1 Å². The zero-order valence-corrected chi connectivity index (χ0v) is 13.8. The van der Waals surface area contributed by atoms with Gasteiger partial charge in [-0.2, -0.15) is 0 Å². The van der Waals surface area contributed by atoms with Crippen molar-refractivity contribution >= 4 is 27.2 Å². The van der Waals surface area contributed by atoms with E-state index in [9.17, 15) is 9.00 Å². The molecule has 1 amide bonds. The van der Waals surface area contributed by atoms with Gasteiger partial charge in [0.15, 0.2) is 9.92 Å². The zero-order valence-electron chi connectivity index (χ0n) is 12.2. The molecule has 6 nitrogen and oxygen atoms in total. The van der Waals surface area contributed by atoms with Crippen LogP contribution in [-0.4, -0.2) is 21.1 Å². The highest BCUT2D eigenvalue weighted by Gasteiger charge is 2.20. The van der Waals surface area contributed by atoms with Crippen LogP contribution in [0.3, 0.4) is 0 Å². The topological polar surface area (TPSA) is 111 Å². The maximum Gasteiger partial charge on any atom is 0.272 e. The van der Waals surface area contributed by atoms with Gasteiger partial charge in [-0.05, 0) is 18.3 Å². The van der Waals surface area contributed by atoms with Crippen molar-refractivity contribution in [2.24, 2.45) is 21.2 Å². The molecule has 0 aliphatic heterocycles. The molecule has 0 radical (unpaired) electrons. The number of nitrogens with two attached hydrogens (primary N) is 2. The summed E-state index contributed by atoms with van der Waals surface area (Å²) in [7, 11) is -3.30. The number of carbonyl (C=O) groups excluding carboxylic acids is 1. The van der Waals surface area contributed by atoms with E-state index >= 15 is 0 Å². The molecule has 8 heteroatoms. The Balaban J connectivity index is 2.99. The number of amides is 1. The summed E-state index contributed by atoms with van der Waals surface area (Å²) in [6.45, 7) is 7.83. The summed E-state index contributed by atoms with van der Waals surface area (Å²) >= 11 is 1.15. The summed E-state index contributed by atoms with van der Waals surface area (Å²) in [6.07, 6.45) is 0.479. The predicted molar refractivity (Wildman–Crippen MR) is 81.7 cm³/mol. The Morgan fingerprint density at radius 3 is 2.50 bits per heavy atom. The van der Waals surface area contributed by atoms with E-state index in [1.165, 1.54) is 0 Å². The van der Waals surface area contributed by atoms with Gasteiger partial charge in [0.05, 0.1) is 11.7 Å². The molecule has 1 heterocycles. The maximum atomic E-state index is 12.3. The van der Waals surface area contributed by atoms with E-state index in [1.54, 1.807) is 5.38 Å². The molecule has 114 valence electrons. The Labute approximate surface area is 124 Å². The molecule has 1 rings (SSSR count). The van der Waals surface area contributed by atoms with Crippen LogP contribution in [0.2, 0.25) is 0 Å². The molecule has 20 heavy (non-hydrogen) atoms. The third-order valence-corrected chi connectivity index (χ3v) is 5.31. The number of nitrogens with zero attached hydrogens (tertiary/aromatic N) is 2. The predicted octanol–water partition coefficient (Wildman–Crippen LogP) is 1.87. The summed E-state index contributed by atoms with van der Waals surface area (Å²) < 4.78 is 16.1. The summed E-state index contributed by atoms with van der Waals surface area (Å²) in [5.41, 5.74) is 6.50. The smallest absolute Gasteiger partial charge is 0.272 e.